The maximum Gasteiger partial charge on any atom is 0.346 e. The van der Waals surface area contributed by atoms with E-state index in [-0.39, 0.29) is 21.9 Å². The maximum atomic E-state index is 13.1. The Morgan fingerprint density at radius 3 is 2.76 bits per heavy atom. The third kappa shape index (κ3) is 5.42. The first kappa shape index (κ1) is 25.3. The Hall–Kier alpha value is -3.31. The number of benzene rings is 2. The van der Waals surface area contributed by atoms with Gasteiger partial charge in [0, 0.05) is 22.5 Å². The number of nitro benzene ring substituents is 1. The highest BCUT2D eigenvalue weighted by Gasteiger charge is 2.25. The molecule has 0 spiro atoms. The highest BCUT2D eigenvalue weighted by atomic mass is 79.9. The third-order valence-electron chi connectivity index (χ3n) is 4.74. The maximum absolute atomic E-state index is 13.1. The molecular formula is C22H20BrClN4O6. The van der Waals surface area contributed by atoms with E-state index in [0.29, 0.717) is 23.1 Å². The normalized spacial score (nSPS) is 12.1. The number of carbonyl (C=O) groups excluding carboxylic acids is 1. The third-order valence-corrected chi connectivity index (χ3v) is 5.52. The number of aromatic nitrogens is 2. The number of ether oxygens (including phenoxy) is 2. The first-order chi connectivity index (χ1) is 16.2. The van der Waals surface area contributed by atoms with Crippen LogP contribution in [0.25, 0.3) is 10.9 Å². The summed E-state index contributed by atoms with van der Waals surface area (Å²) in [6.07, 6.45) is 1.39. The van der Waals surface area contributed by atoms with Crippen LogP contribution in [0.15, 0.2) is 44.7 Å². The zero-order valence-corrected chi connectivity index (χ0v) is 20.8. The van der Waals surface area contributed by atoms with Gasteiger partial charge in [-0.15, -0.1) is 0 Å². The second kappa shape index (κ2) is 10.7. The highest BCUT2D eigenvalue weighted by molar-refractivity contribution is 9.10. The molecule has 3 rings (SSSR count). The van der Waals surface area contributed by atoms with Gasteiger partial charge in [0.2, 0.25) is 5.75 Å². The van der Waals surface area contributed by atoms with E-state index in [2.05, 4.69) is 30.8 Å². The predicted octanol–water partition coefficient (Wildman–Crippen LogP) is 4.50. The van der Waals surface area contributed by atoms with Crippen LogP contribution in [0.5, 0.6) is 5.75 Å². The molecule has 0 aliphatic rings. The summed E-state index contributed by atoms with van der Waals surface area (Å²) in [6.45, 7) is 3.33. The van der Waals surface area contributed by atoms with Gasteiger partial charge in [-0.05, 0) is 37.6 Å². The molecule has 2 aromatic carbocycles. The molecule has 0 aliphatic carbocycles. The molecule has 34 heavy (non-hydrogen) atoms. The topological polar surface area (TPSA) is 126 Å². The minimum atomic E-state index is -1.11. The number of halogens is 2. The first-order valence-electron chi connectivity index (χ1n) is 10.1. The summed E-state index contributed by atoms with van der Waals surface area (Å²) >= 11 is 9.58. The number of nitro groups is 1. The molecule has 0 N–H and O–H groups in total. The van der Waals surface area contributed by atoms with Crippen LogP contribution >= 0.6 is 27.5 Å². The van der Waals surface area contributed by atoms with Crippen LogP contribution in [-0.2, 0) is 16.0 Å². The molecule has 3 aromatic rings. The van der Waals surface area contributed by atoms with Crippen LogP contribution in [0.3, 0.4) is 0 Å². The summed E-state index contributed by atoms with van der Waals surface area (Å²) in [5.74, 6) is -0.539. The molecule has 0 unspecified atom stereocenters. The van der Waals surface area contributed by atoms with Crippen LogP contribution in [0, 0.1) is 10.1 Å². The van der Waals surface area contributed by atoms with E-state index in [1.807, 2.05) is 6.92 Å². The monoisotopic (exact) mass is 550 g/mol. The molecule has 1 heterocycles. The van der Waals surface area contributed by atoms with Crippen molar-refractivity contribution in [1.82, 2.24) is 9.66 Å². The fourth-order valence-electron chi connectivity index (χ4n) is 3.14. The number of methoxy groups -OCH3 is 1. The number of hydrogen-bond donors (Lipinski definition) is 0. The Morgan fingerprint density at radius 1 is 1.38 bits per heavy atom. The van der Waals surface area contributed by atoms with E-state index >= 15 is 0 Å². The lowest BCUT2D eigenvalue weighted by molar-refractivity contribution is -0.386. The van der Waals surface area contributed by atoms with E-state index in [1.165, 1.54) is 37.1 Å². The Kier molecular flexibility index (Phi) is 8.00. The number of rotatable bonds is 8. The van der Waals surface area contributed by atoms with E-state index in [1.54, 1.807) is 18.2 Å². The molecule has 10 nitrogen and oxygen atoms in total. The van der Waals surface area contributed by atoms with Crippen molar-refractivity contribution in [2.75, 3.05) is 7.11 Å². The van der Waals surface area contributed by atoms with Crippen molar-refractivity contribution in [2.45, 2.75) is 32.8 Å². The molecule has 1 atom stereocenters. The summed E-state index contributed by atoms with van der Waals surface area (Å²) in [4.78, 5) is 40.2. The van der Waals surface area contributed by atoms with Crippen LogP contribution in [0.4, 0.5) is 5.69 Å². The van der Waals surface area contributed by atoms with E-state index < -0.39 is 22.7 Å². The molecule has 0 radical (unpaired) electrons. The summed E-state index contributed by atoms with van der Waals surface area (Å²) in [6, 6.07) is 7.76. The first-order valence-corrected chi connectivity index (χ1v) is 11.3. The molecule has 0 bridgehead atoms. The summed E-state index contributed by atoms with van der Waals surface area (Å²) in [5.41, 5.74) is -0.0497. The van der Waals surface area contributed by atoms with Crippen molar-refractivity contribution < 1.29 is 19.2 Å². The fourth-order valence-corrected chi connectivity index (χ4v) is 3.77. The van der Waals surface area contributed by atoms with Crippen LogP contribution in [0.1, 0.15) is 31.7 Å². The summed E-state index contributed by atoms with van der Waals surface area (Å²) < 4.78 is 11.8. The number of hydrogen-bond acceptors (Lipinski definition) is 8. The van der Waals surface area contributed by atoms with Gasteiger partial charge >= 0.3 is 11.7 Å². The number of carbonyl (C=O) groups is 1. The number of nitrogens with zero attached hydrogens (tertiary/aromatic N) is 4. The van der Waals surface area contributed by atoms with E-state index in [0.717, 1.165) is 10.9 Å². The molecular weight excluding hydrogens is 532 g/mol. The van der Waals surface area contributed by atoms with Crippen LogP contribution in [-0.4, -0.2) is 40.0 Å². The van der Waals surface area contributed by atoms with Crippen molar-refractivity contribution in [2.24, 2.45) is 5.10 Å². The standard InChI is InChI=1S/C22H20BrClN4O6/c1-4-5-19-26-17-7-6-14(23)10-15(17)21(29)27(19)25-11-13-8-16(24)20(18(9-13)28(31)32)34-12(2)22(30)33-3/h6-12H,4-5H2,1-3H3/t12-/m1/s1. The van der Waals surface area contributed by atoms with E-state index in [4.69, 9.17) is 16.3 Å². The van der Waals surface area contributed by atoms with E-state index in [9.17, 15) is 19.7 Å². The molecule has 0 saturated heterocycles. The molecule has 0 amide bonds. The molecule has 178 valence electrons. The largest absolute Gasteiger partial charge is 0.471 e. The fraction of sp³-hybridized carbons (Fsp3) is 0.273. The predicted molar refractivity (Wildman–Crippen MR) is 131 cm³/mol. The number of aryl methyl sites for hydroxylation is 1. The summed E-state index contributed by atoms with van der Waals surface area (Å²) in [7, 11) is 1.17. The number of esters is 1. The minimum Gasteiger partial charge on any atom is -0.471 e. The zero-order chi connectivity index (χ0) is 25.0. The Labute approximate surface area is 207 Å². The van der Waals surface area contributed by atoms with Gasteiger partial charge < -0.3 is 9.47 Å². The lowest BCUT2D eigenvalue weighted by Gasteiger charge is -2.14. The van der Waals surface area contributed by atoms with Gasteiger partial charge in [0.15, 0.2) is 6.10 Å². The molecule has 0 aliphatic heterocycles. The second-order valence-electron chi connectivity index (χ2n) is 7.19. The SMILES string of the molecule is CCCc1nc2ccc(Br)cc2c(=O)n1N=Cc1cc(Cl)c(O[C@H](C)C(=O)OC)c([N+](=O)[O-])c1. The second-order valence-corrected chi connectivity index (χ2v) is 8.52. The smallest absolute Gasteiger partial charge is 0.346 e. The number of fused-ring (bicyclic) bond motifs is 1. The lowest BCUT2D eigenvalue weighted by atomic mass is 10.2. The van der Waals surface area contributed by atoms with Gasteiger partial charge in [0.25, 0.3) is 5.56 Å². The van der Waals surface area contributed by atoms with Gasteiger partial charge in [-0.2, -0.15) is 9.78 Å². The molecule has 1 aromatic heterocycles. The zero-order valence-electron chi connectivity index (χ0n) is 18.4. The van der Waals surface area contributed by atoms with Crippen molar-refractivity contribution in [1.29, 1.82) is 0 Å². The van der Waals surface area contributed by atoms with Crippen LogP contribution in [0.2, 0.25) is 5.02 Å². The Balaban J connectivity index is 2.08. The molecule has 0 fully saturated rings. The minimum absolute atomic E-state index is 0.104. The lowest BCUT2D eigenvalue weighted by Crippen LogP contribution is -2.25. The van der Waals surface area contributed by atoms with Gasteiger partial charge in [-0.3, -0.25) is 14.9 Å². The molecule has 12 heteroatoms. The average Bonchev–Trinajstić information content (AvgIpc) is 2.80. The van der Waals surface area contributed by atoms with Crippen molar-refractivity contribution in [3.8, 4) is 5.75 Å². The molecule has 0 saturated carbocycles. The van der Waals surface area contributed by atoms with Crippen molar-refractivity contribution >= 4 is 56.3 Å². The Morgan fingerprint density at radius 2 is 2.12 bits per heavy atom. The van der Waals surface area contributed by atoms with Gasteiger partial charge in [0.1, 0.15) is 5.82 Å². The van der Waals surface area contributed by atoms with Gasteiger partial charge in [-0.25, -0.2) is 9.78 Å². The van der Waals surface area contributed by atoms with Gasteiger partial charge in [-0.1, -0.05) is 34.5 Å². The Bertz CT molecular complexity index is 1360. The van der Waals surface area contributed by atoms with Crippen molar-refractivity contribution in [3.05, 3.63) is 71.7 Å². The van der Waals surface area contributed by atoms with Crippen molar-refractivity contribution in [3.63, 3.8) is 0 Å². The van der Waals surface area contributed by atoms with Gasteiger partial charge in [0.05, 0.1) is 34.2 Å². The summed E-state index contributed by atoms with van der Waals surface area (Å²) in [5, 5.41) is 16.2. The van der Waals surface area contributed by atoms with Crippen LogP contribution < -0.4 is 10.3 Å². The highest BCUT2D eigenvalue weighted by Crippen LogP contribution is 2.36. The quantitative estimate of drug-likeness (QED) is 0.175. The average molecular weight is 552 g/mol.